The fraction of sp³-hybridized carbons (Fsp3) is 0.375. The normalized spacial score (nSPS) is 20.7. The van der Waals surface area contributed by atoms with Crippen molar-refractivity contribution in [2.75, 3.05) is 6.54 Å². The van der Waals surface area contributed by atoms with Crippen LogP contribution in [0.2, 0.25) is 10.0 Å². The standard InChI is InChI=1S/C24H24Cl2N6O2/c1-13-9-20-17(12-30(13)23(33)16-5-6-18(25)19(26)10-16)21-24(34)31(11-14(2)32(21)29-20)15(3)22-27-7-4-8-28-22/h4-8,10,13-15H,9,11-12H2,1-3H3/t13-,14-,15-/m1/s1. The summed E-state index contributed by atoms with van der Waals surface area (Å²) >= 11 is 12.2. The van der Waals surface area contributed by atoms with Crippen LogP contribution in [0.15, 0.2) is 36.7 Å². The Hall–Kier alpha value is -2.97. The van der Waals surface area contributed by atoms with Gasteiger partial charge < -0.3 is 9.80 Å². The second-order valence-corrected chi connectivity index (χ2v) is 9.74. The molecule has 2 amide bonds. The molecule has 1 aromatic carbocycles. The molecule has 0 N–H and O–H groups in total. The van der Waals surface area contributed by atoms with Crippen molar-refractivity contribution in [3.8, 4) is 0 Å². The molecule has 0 saturated carbocycles. The van der Waals surface area contributed by atoms with Crippen LogP contribution < -0.4 is 0 Å². The Bertz CT molecular complexity index is 1280. The molecular formula is C24H24Cl2N6O2. The van der Waals surface area contributed by atoms with E-state index in [2.05, 4.69) is 9.97 Å². The van der Waals surface area contributed by atoms with Gasteiger partial charge in [-0.15, -0.1) is 0 Å². The summed E-state index contributed by atoms with van der Waals surface area (Å²) in [5.41, 5.74) is 2.66. The van der Waals surface area contributed by atoms with Gasteiger partial charge in [-0.25, -0.2) is 9.97 Å². The molecule has 0 radical (unpaired) electrons. The van der Waals surface area contributed by atoms with E-state index in [1.807, 2.05) is 25.5 Å². The highest BCUT2D eigenvalue weighted by Gasteiger charge is 2.41. The highest BCUT2D eigenvalue weighted by Crippen LogP contribution is 2.35. The maximum absolute atomic E-state index is 13.7. The quantitative estimate of drug-likeness (QED) is 0.535. The fourth-order valence-corrected chi connectivity index (χ4v) is 5.05. The average Bonchev–Trinajstić information content (AvgIpc) is 3.21. The van der Waals surface area contributed by atoms with E-state index < -0.39 is 0 Å². The molecule has 0 aliphatic carbocycles. The number of hydrogen-bond donors (Lipinski definition) is 0. The van der Waals surface area contributed by atoms with Crippen LogP contribution in [-0.4, -0.2) is 53.9 Å². The zero-order valence-corrected chi connectivity index (χ0v) is 20.6. The van der Waals surface area contributed by atoms with Crippen LogP contribution in [0.1, 0.15) is 70.8 Å². The number of aromatic nitrogens is 4. The van der Waals surface area contributed by atoms with Crippen LogP contribution in [0.4, 0.5) is 0 Å². The molecule has 3 atom stereocenters. The molecular weight excluding hydrogens is 475 g/mol. The average molecular weight is 499 g/mol. The SMILES string of the molecule is C[C@@H]1Cc2nn3c(c2CN1C(=O)c1ccc(Cl)c(Cl)c1)C(=O)N([C@H](C)c1ncccn1)C[C@H]3C. The summed E-state index contributed by atoms with van der Waals surface area (Å²) in [5.74, 6) is 0.314. The molecule has 0 spiro atoms. The lowest BCUT2D eigenvalue weighted by Crippen LogP contribution is -2.46. The van der Waals surface area contributed by atoms with Crippen molar-refractivity contribution in [3.63, 3.8) is 0 Å². The van der Waals surface area contributed by atoms with Gasteiger partial charge in [0.25, 0.3) is 11.8 Å². The smallest absolute Gasteiger partial charge is 0.273 e. The highest BCUT2D eigenvalue weighted by molar-refractivity contribution is 6.42. The van der Waals surface area contributed by atoms with Crippen molar-refractivity contribution in [2.45, 2.75) is 51.9 Å². The van der Waals surface area contributed by atoms with E-state index in [1.165, 1.54) is 0 Å². The lowest BCUT2D eigenvalue weighted by atomic mass is 9.97. The van der Waals surface area contributed by atoms with Crippen LogP contribution in [0.3, 0.4) is 0 Å². The van der Waals surface area contributed by atoms with Crippen molar-refractivity contribution in [2.24, 2.45) is 0 Å². The number of amides is 2. The lowest BCUT2D eigenvalue weighted by molar-refractivity contribution is 0.0566. The number of carbonyl (C=O) groups is 2. The zero-order chi connectivity index (χ0) is 24.1. The molecule has 34 heavy (non-hydrogen) atoms. The van der Waals surface area contributed by atoms with Crippen molar-refractivity contribution in [1.29, 1.82) is 0 Å². The Morgan fingerprint density at radius 1 is 1.12 bits per heavy atom. The van der Waals surface area contributed by atoms with Crippen molar-refractivity contribution < 1.29 is 9.59 Å². The van der Waals surface area contributed by atoms with Crippen LogP contribution in [-0.2, 0) is 13.0 Å². The summed E-state index contributed by atoms with van der Waals surface area (Å²) in [6.07, 6.45) is 3.92. The van der Waals surface area contributed by atoms with E-state index in [-0.39, 0.29) is 29.9 Å². The number of fused-ring (bicyclic) bond motifs is 3. The summed E-state index contributed by atoms with van der Waals surface area (Å²) in [6, 6.07) is 6.24. The summed E-state index contributed by atoms with van der Waals surface area (Å²) in [5, 5.41) is 5.52. The first-order chi connectivity index (χ1) is 16.3. The van der Waals surface area contributed by atoms with Gasteiger partial charge in [0.15, 0.2) is 0 Å². The molecule has 0 bridgehead atoms. The van der Waals surface area contributed by atoms with E-state index in [4.69, 9.17) is 28.3 Å². The van der Waals surface area contributed by atoms with Crippen molar-refractivity contribution in [3.05, 3.63) is 75.0 Å². The molecule has 0 unspecified atom stereocenters. The van der Waals surface area contributed by atoms with E-state index in [9.17, 15) is 9.59 Å². The van der Waals surface area contributed by atoms with Gasteiger partial charge in [-0.05, 0) is 45.0 Å². The fourth-order valence-electron chi connectivity index (χ4n) is 4.76. The number of halogens is 2. The first kappa shape index (κ1) is 22.8. The molecule has 4 heterocycles. The molecule has 2 aliphatic heterocycles. The van der Waals surface area contributed by atoms with E-state index in [0.717, 1.165) is 11.3 Å². The first-order valence-corrected chi connectivity index (χ1v) is 12.0. The third-order valence-electron chi connectivity index (χ3n) is 6.64. The topological polar surface area (TPSA) is 84.2 Å². The number of nitrogens with zero attached hydrogens (tertiary/aromatic N) is 6. The van der Waals surface area contributed by atoms with Gasteiger partial charge in [-0.3, -0.25) is 14.3 Å². The van der Waals surface area contributed by atoms with Gasteiger partial charge in [0.1, 0.15) is 11.5 Å². The van der Waals surface area contributed by atoms with Gasteiger partial charge in [0.2, 0.25) is 0 Å². The minimum Gasteiger partial charge on any atom is -0.331 e. The number of carbonyl (C=O) groups excluding carboxylic acids is 2. The lowest BCUT2D eigenvalue weighted by Gasteiger charge is -2.37. The van der Waals surface area contributed by atoms with Gasteiger partial charge in [-0.1, -0.05) is 23.2 Å². The van der Waals surface area contributed by atoms with Crippen LogP contribution in [0, 0.1) is 0 Å². The molecule has 2 aliphatic rings. The monoisotopic (exact) mass is 498 g/mol. The number of rotatable bonds is 3. The van der Waals surface area contributed by atoms with Gasteiger partial charge >= 0.3 is 0 Å². The van der Waals surface area contributed by atoms with Crippen LogP contribution >= 0.6 is 23.2 Å². The third-order valence-corrected chi connectivity index (χ3v) is 7.38. The predicted molar refractivity (Wildman–Crippen MR) is 128 cm³/mol. The zero-order valence-electron chi connectivity index (χ0n) is 19.1. The summed E-state index contributed by atoms with van der Waals surface area (Å²) in [7, 11) is 0. The number of benzene rings is 1. The maximum Gasteiger partial charge on any atom is 0.273 e. The minimum atomic E-state index is -0.285. The molecule has 0 fully saturated rings. The van der Waals surface area contributed by atoms with E-state index in [1.54, 1.807) is 46.5 Å². The van der Waals surface area contributed by atoms with Gasteiger partial charge in [0.05, 0.1) is 34.4 Å². The van der Waals surface area contributed by atoms with E-state index >= 15 is 0 Å². The Labute approximate surface area is 207 Å². The molecule has 10 heteroatoms. The Kier molecular flexibility index (Phi) is 5.81. The molecule has 2 aromatic heterocycles. The second-order valence-electron chi connectivity index (χ2n) is 8.92. The second kappa shape index (κ2) is 8.67. The Balaban J connectivity index is 1.49. The molecule has 176 valence electrons. The highest BCUT2D eigenvalue weighted by atomic mass is 35.5. The minimum absolute atomic E-state index is 0.0148. The van der Waals surface area contributed by atoms with Gasteiger partial charge in [0, 0.05) is 42.5 Å². The predicted octanol–water partition coefficient (Wildman–Crippen LogP) is 4.34. The molecule has 5 rings (SSSR count). The summed E-state index contributed by atoms with van der Waals surface area (Å²) < 4.78 is 1.82. The van der Waals surface area contributed by atoms with Gasteiger partial charge in [-0.2, -0.15) is 5.10 Å². The molecule has 3 aromatic rings. The van der Waals surface area contributed by atoms with Crippen molar-refractivity contribution >= 4 is 35.0 Å². The third kappa shape index (κ3) is 3.75. The summed E-state index contributed by atoms with van der Waals surface area (Å²) in [6.45, 7) is 6.77. The van der Waals surface area contributed by atoms with Crippen LogP contribution in [0.5, 0.6) is 0 Å². The van der Waals surface area contributed by atoms with Crippen molar-refractivity contribution in [1.82, 2.24) is 29.5 Å². The maximum atomic E-state index is 13.7. The summed E-state index contributed by atoms with van der Waals surface area (Å²) in [4.78, 5) is 39.3. The van der Waals surface area contributed by atoms with E-state index in [0.29, 0.717) is 46.6 Å². The number of hydrogen-bond acceptors (Lipinski definition) is 5. The largest absolute Gasteiger partial charge is 0.331 e. The Morgan fingerprint density at radius 3 is 2.56 bits per heavy atom. The van der Waals surface area contributed by atoms with Crippen LogP contribution in [0.25, 0.3) is 0 Å². The Morgan fingerprint density at radius 2 is 1.85 bits per heavy atom. The molecule has 0 saturated heterocycles. The molecule has 8 nitrogen and oxygen atoms in total. The first-order valence-electron chi connectivity index (χ1n) is 11.2.